The highest BCUT2D eigenvalue weighted by atomic mass is 35.5. The Bertz CT molecular complexity index is 590. The molecular formula is C17H21Cl3N2O3. The maximum absolute atomic E-state index is 12.2. The van der Waals surface area contributed by atoms with Crippen LogP contribution in [0.2, 0.25) is 5.02 Å². The van der Waals surface area contributed by atoms with Gasteiger partial charge in [0.2, 0.25) is 5.91 Å². The maximum Gasteiger partial charge on any atom is 0.253 e. The van der Waals surface area contributed by atoms with Crippen LogP contribution < -0.4 is 10.1 Å². The molecule has 1 fully saturated rings. The summed E-state index contributed by atoms with van der Waals surface area (Å²) >= 11 is 17.1. The second kappa shape index (κ2) is 10.1. The predicted octanol–water partition coefficient (Wildman–Crippen LogP) is 3.41. The van der Waals surface area contributed by atoms with E-state index in [4.69, 9.17) is 39.5 Å². The fourth-order valence-corrected chi connectivity index (χ4v) is 2.98. The molecule has 0 spiro atoms. The number of carbonyl (C=O) groups is 2. The third-order valence-corrected chi connectivity index (χ3v) is 4.73. The Morgan fingerprint density at radius 1 is 1.24 bits per heavy atom. The summed E-state index contributed by atoms with van der Waals surface area (Å²) in [6, 6.07) is 7.27. The molecule has 0 radical (unpaired) electrons. The molecule has 1 saturated heterocycles. The van der Waals surface area contributed by atoms with E-state index >= 15 is 0 Å². The van der Waals surface area contributed by atoms with Gasteiger partial charge in [-0.05, 0) is 31.4 Å². The van der Waals surface area contributed by atoms with Crippen LogP contribution in [0, 0.1) is 0 Å². The van der Waals surface area contributed by atoms with E-state index in [1.54, 1.807) is 12.1 Å². The third kappa shape index (κ3) is 6.57. The second-order valence-electron chi connectivity index (χ2n) is 5.85. The van der Waals surface area contributed by atoms with Crippen LogP contribution in [-0.2, 0) is 9.59 Å². The summed E-state index contributed by atoms with van der Waals surface area (Å²) in [4.78, 5) is 24.5. The first-order valence-electron chi connectivity index (χ1n) is 8.21. The second-order valence-corrected chi connectivity index (χ2v) is 7.35. The number of piperidine rings is 1. The van der Waals surface area contributed by atoms with Gasteiger partial charge in [-0.25, -0.2) is 0 Å². The fraction of sp³-hybridized carbons (Fsp3) is 0.529. The number of para-hydroxylation sites is 1. The van der Waals surface area contributed by atoms with E-state index in [-0.39, 0.29) is 17.9 Å². The van der Waals surface area contributed by atoms with Crippen LogP contribution in [0.1, 0.15) is 25.7 Å². The zero-order valence-electron chi connectivity index (χ0n) is 13.7. The molecule has 2 amide bonds. The van der Waals surface area contributed by atoms with E-state index < -0.39 is 4.84 Å². The van der Waals surface area contributed by atoms with Crippen LogP contribution in [0.4, 0.5) is 0 Å². The molecule has 1 aromatic rings. The number of ether oxygens (including phenoxy) is 1. The Morgan fingerprint density at radius 2 is 1.92 bits per heavy atom. The molecule has 0 atom stereocenters. The van der Waals surface area contributed by atoms with Gasteiger partial charge in [-0.15, -0.1) is 0 Å². The van der Waals surface area contributed by atoms with Crippen molar-refractivity contribution in [1.82, 2.24) is 10.2 Å². The molecule has 1 heterocycles. The molecular weight excluding hydrogens is 387 g/mol. The van der Waals surface area contributed by atoms with Gasteiger partial charge in [0.05, 0.1) is 11.6 Å². The van der Waals surface area contributed by atoms with Gasteiger partial charge < -0.3 is 15.0 Å². The molecule has 0 unspecified atom stereocenters. The van der Waals surface area contributed by atoms with Crippen molar-refractivity contribution in [3.05, 3.63) is 29.3 Å². The first kappa shape index (κ1) is 20.1. The zero-order chi connectivity index (χ0) is 18.2. The lowest BCUT2D eigenvalue weighted by Crippen LogP contribution is -2.47. The summed E-state index contributed by atoms with van der Waals surface area (Å²) in [5.41, 5.74) is 0. The summed E-state index contributed by atoms with van der Waals surface area (Å²) in [7, 11) is 0. The minimum atomic E-state index is -1.06. The maximum atomic E-state index is 12.2. The molecule has 0 bridgehead atoms. The summed E-state index contributed by atoms with van der Waals surface area (Å²) < 4.78 is 5.58. The van der Waals surface area contributed by atoms with Gasteiger partial charge in [0.1, 0.15) is 5.75 Å². The molecule has 1 aliphatic rings. The highest BCUT2D eigenvalue weighted by Gasteiger charge is 2.24. The van der Waals surface area contributed by atoms with Crippen LogP contribution in [0.15, 0.2) is 24.3 Å². The van der Waals surface area contributed by atoms with Crippen LogP contribution >= 0.6 is 34.8 Å². The van der Waals surface area contributed by atoms with Gasteiger partial charge in [0.25, 0.3) is 5.91 Å². The highest BCUT2D eigenvalue weighted by molar-refractivity contribution is 6.53. The normalized spacial score (nSPS) is 15.3. The van der Waals surface area contributed by atoms with Gasteiger partial charge in [0, 0.05) is 25.6 Å². The van der Waals surface area contributed by atoms with Crippen molar-refractivity contribution in [3.8, 4) is 5.75 Å². The number of nitrogens with one attached hydrogen (secondary N) is 1. The Morgan fingerprint density at radius 3 is 2.56 bits per heavy atom. The number of nitrogens with zero attached hydrogens (tertiary/aromatic N) is 1. The van der Waals surface area contributed by atoms with E-state index in [0.717, 1.165) is 0 Å². The van der Waals surface area contributed by atoms with Gasteiger partial charge in [-0.2, -0.15) is 0 Å². The van der Waals surface area contributed by atoms with Crippen LogP contribution in [0.5, 0.6) is 5.75 Å². The molecule has 5 nitrogen and oxygen atoms in total. The Hall–Kier alpha value is -1.17. The summed E-state index contributed by atoms with van der Waals surface area (Å²) in [5, 5.41) is 3.34. The van der Waals surface area contributed by atoms with Crippen molar-refractivity contribution in [2.75, 3.05) is 19.7 Å². The molecule has 1 aliphatic heterocycles. The Kier molecular flexibility index (Phi) is 8.13. The summed E-state index contributed by atoms with van der Waals surface area (Å²) in [5.74, 6) is 0.343. The van der Waals surface area contributed by atoms with Crippen molar-refractivity contribution in [2.45, 2.75) is 36.6 Å². The number of hydrogen-bond donors (Lipinski definition) is 1. The minimum absolute atomic E-state index is 0.0140. The lowest BCUT2D eigenvalue weighted by atomic mass is 10.0. The van der Waals surface area contributed by atoms with Gasteiger partial charge >= 0.3 is 0 Å². The number of rotatable bonds is 7. The van der Waals surface area contributed by atoms with E-state index in [9.17, 15) is 9.59 Å². The van der Waals surface area contributed by atoms with Crippen LogP contribution in [0.25, 0.3) is 0 Å². The molecule has 0 aromatic heterocycles. The van der Waals surface area contributed by atoms with Crippen molar-refractivity contribution in [2.24, 2.45) is 0 Å². The monoisotopic (exact) mass is 406 g/mol. The molecule has 0 aliphatic carbocycles. The molecule has 2 rings (SSSR count). The van der Waals surface area contributed by atoms with Gasteiger partial charge in [-0.1, -0.05) is 46.9 Å². The van der Waals surface area contributed by atoms with Crippen molar-refractivity contribution >= 4 is 46.6 Å². The first-order chi connectivity index (χ1) is 12.0. The smallest absolute Gasteiger partial charge is 0.253 e. The average molecular weight is 408 g/mol. The first-order valence-corrected chi connectivity index (χ1v) is 9.46. The van der Waals surface area contributed by atoms with E-state index in [1.807, 2.05) is 17.0 Å². The zero-order valence-corrected chi connectivity index (χ0v) is 16.0. The molecule has 1 aromatic carbocycles. The third-order valence-electron chi connectivity index (χ3n) is 4.02. The topological polar surface area (TPSA) is 58.6 Å². The van der Waals surface area contributed by atoms with Crippen molar-refractivity contribution in [3.63, 3.8) is 0 Å². The molecule has 25 heavy (non-hydrogen) atoms. The van der Waals surface area contributed by atoms with E-state index in [2.05, 4.69) is 5.32 Å². The SMILES string of the molecule is O=C(NC1CCN(C(=O)CCCOc2ccccc2Cl)CC1)C(Cl)Cl. The van der Waals surface area contributed by atoms with Crippen LogP contribution in [-0.4, -0.2) is 47.3 Å². The summed E-state index contributed by atoms with van der Waals surface area (Å²) in [6.07, 6.45) is 2.45. The number of likely N-dealkylation sites (tertiary alicyclic amines) is 1. The van der Waals surface area contributed by atoms with Crippen molar-refractivity contribution in [1.29, 1.82) is 0 Å². The lowest BCUT2D eigenvalue weighted by Gasteiger charge is -2.32. The van der Waals surface area contributed by atoms with E-state index in [1.165, 1.54) is 0 Å². The number of benzene rings is 1. The molecule has 138 valence electrons. The number of alkyl halides is 2. The summed E-state index contributed by atoms with van der Waals surface area (Å²) in [6.45, 7) is 1.67. The van der Waals surface area contributed by atoms with Crippen molar-refractivity contribution < 1.29 is 14.3 Å². The number of halogens is 3. The highest BCUT2D eigenvalue weighted by Crippen LogP contribution is 2.23. The number of amides is 2. The minimum Gasteiger partial charge on any atom is -0.492 e. The Balaban J connectivity index is 1.64. The standard InChI is InChI=1S/C17H21Cl3N2O3/c18-13-4-1-2-5-14(13)25-11-3-6-15(23)22-9-7-12(8-10-22)21-17(24)16(19)20/h1-2,4-5,12,16H,3,6-11H2,(H,21,24). The van der Waals surface area contributed by atoms with Crippen LogP contribution in [0.3, 0.4) is 0 Å². The van der Waals surface area contributed by atoms with Gasteiger partial charge in [-0.3, -0.25) is 9.59 Å². The Labute approximate surface area is 162 Å². The average Bonchev–Trinajstić information content (AvgIpc) is 2.60. The fourth-order valence-electron chi connectivity index (χ4n) is 2.66. The largest absolute Gasteiger partial charge is 0.492 e. The molecule has 0 saturated carbocycles. The quantitative estimate of drug-likeness (QED) is 0.556. The van der Waals surface area contributed by atoms with Gasteiger partial charge in [0.15, 0.2) is 4.84 Å². The number of carbonyl (C=O) groups excluding carboxylic acids is 2. The van der Waals surface area contributed by atoms with E-state index in [0.29, 0.717) is 56.2 Å². The number of hydrogen-bond acceptors (Lipinski definition) is 3. The lowest BCUT2D eigenvalue weighted by molar-refractivity contribution is -0.132. The predicted molar refractivity (Wildman–Crippen MR) is 99.4 cm³/mol. The molecule has 1 N–H and O–H groups in total. The molecule has 8 heteroatoms.